The highest BCUT2D eigenvalue weighted by atomic mass is 32.1. The number of aromatic nitrogens is 1. The number of nitrogens with zero attached hydrogens (tertiary/aromatic N) is 1. The Morgan fingerprint density at radius 2 is 2.59 bits per heavy atom. The van der Waals surface area contributed by atoms with Crippen LogP contribution >= 0.6 is 11.3 Å². The fourth-order valence-corrected chi connectivity index (χ4v) is 2.99. The monoisotopic (exact) mass is 254 g/mol. The van der Waals surface area contributed by atoms with Gasteiger partial charge in [0.2, 0.25) is 0 Å². The normalized spacial score (nSPS) is 28.9. The van der Waals surface area contributed by atoms with Gasteiger partial charge < -0.3 is 10.4 Å². The molecular weight excluding hydrogens is 236 g/mol. The molecule has 1 amide bonds. The van der Waals surface area contributed by atoms with Gasteiger partial charge in [-0.2, -0.15) is 0 Å². The quantitative estimate of drug-likeness (QED) is 0.865. The summed E-state index contributed by atoms with van der Waals surface area (Å²) in [5.41, 5.74) is 0.907. The standard InChI is InChI=1S/C12H18N2O2S/c1-9-3-2-4-12(16,5-9)7-14-11(15)10-6-13-8-17-10/h6,8-9,16H,2-5,7H2,1H3,(H,14,15). The van der Waals surface area contributed by atoms with Crippen LogP contribution in [0.3, 0.4) is 0 Å². The van der Waals surface area contributed by atoms with E-state index < -0.39 is 5.60 Å². The van der Waals surface area contributed by atoms with E-state index in [0.29, 0.717) is 17.3 Å². The van der Waals surface area contributed by atoms with Crippen molar-refractivity contribution < 1.29 is 9.90 Å². The maximum Gasteiger partial charge on any atom is 0.263 e. The van der Waals surface area contributed by atoms with Crippen molar-refractivity contribution in [3.05, 3.63) is 16.6 Å². The molecule has 1 aromatic heterocycles. The van der Waals surface area contributed by atoms with Crippen LogP contribution in [-0.4, -0.2) is 28.1 Å². The first kappa shape index (κ1) is 12.5. The lowest BCUT2D eigenvalue weighted by Gasteiger charge is -2.35. The highest BCUT2D eigenvalue weighted by molar-refractivity contribution is 7.11. The van der Waals surface area contributed by atoms with Crippen LogP contribution in [0.2, 0.25) is 0 Å². The highest BCUT2D eigenvalue weighted by Crippen LogP contribution is 2.31. The van der Waals surface area contributed by atoms with E-state index in [-0.39, 0.29) is 5.91 Å². The van der Waals surface area contributed by atoms with Gasteiger partial charge in [0.05, 0.1) is 17.3 Å². The second-order valence-electron chi connectivity index (χ2n) is 4.97. The molecule has 1 fully saturated rings. The topological polar surface area (TPSA) is 62.2 Å². The van der Waals surface area contributed by atoms with Crippen molar-refractivity contribution >= 4 is 17.2 Å². The Hall–Kier alpha value is -0.940. The number of carbonyl (C=O) groups excluding carboxylic acids is 1. The third kappa shape index (κ3) is 3.26. The first-order valence-electron chi connectivity index (χ1n) is 5.98. The molecule has 94 valence electrons. The molecule has 1 heterocycles. The fourth-order valence-electron chi connectivity index (χ4n) is 2.45. The first-order valence-corrected chi connectivity index (χ1v) is 6.86. The predicted molar refractivity (Wildman–Crippen MR) is 67.0 cm³/mol. The lowest BCUT2D eigenvalue weighted by Crippen LogP contribution is -2.45. The van der Waals surface area contributed by atoms with Gasteiger partial charge in [0.25, 0.3) is 5.91 Å². The van der Waals surface area contributed by atoms with E-state index in [0.717, 1.165) is 19.3 Å². The van der Waals surface area contributed by atoms with Crippen molar-refractivity contribution in [3.63, 3.8) is 0 Å². The van der Waals surface area contributed by atoms with Crippen LogP contribution in [0.4, 0.5) is 0 Å². The first-order chi connectivity index (χ1) is 8.09. The molecule has 2 atom stereocenters. The van der Waals surface area contributed by atoms with Crippen LogP contribution in [0.1, 0.15) is 42.3 Å². The third-order valence-electron chi connectivity index (χ3n) is 3.30. The molecule has 2 rings (SSSR count). The summed E-state index contributed by atoms with van der Waals surface area (Å²) in [5, 5.41) is 13.2. The van der Waals surface area contributed by atoms with Crippen molar-refractivity contribution in [1.29, 1.82) is 0 Å². The number of hydrogen-bond acceptors (Lipinski definition) is 4. The molecule has 0 saturated heterocycles. The zero-order valence-corrected chi connectivity index (χ0v) is 10.8. The Balaban J connectivity index is 1.87. The third-order valence-corrected chi connectivity index (χ3v) is 4.07. The van der Waals surface area contributed by atoms with Gasteiger partial charge in [-0.3, -0.25) is 9.78 Å². The minimum Gasteiger partial charge on any atom is -0.388 e. The van der Waals surface area contributed by atoms with E-state index in [9.17, 15) is 9.90 Å². The molecule has 5 heteroatoms. The molecule has 17 heavy (non-hydrogen) atoms. The summed E-state index contributed by atoms with van der Waals surface area (Å²) >= 11 is 1.31. The number of rotatable bonds is 3. The Bertz CT molecular complexity index is 380. The SMILES string of the molecule is CC1CCCC(O)(CNC(=O)c2cncs2)C1. The Kier molecular flexibility index (Phi) is 3.79. The molecule has 0 aliphatic heterocycles. The summed E-state index contributed by atoms with van der Waals surface area (Å²) in [7, 11) is 0. The number of thiazole rings is 1. The second kappa shape index (κ2) is 5.14. The number of amides is 1. The van der Waals surface area contributed by atoms with Crippen LogP contribution in [0, 0.1) is 5.92 Å². The maximum atomic E-state index is 11.7. The molecule has 0 radical (unpaired) electrons. The molecule has 1 saturated carbocycles. The van der Waals surface area contributed by atoms with Crippen LogP contribution in [0.5, 0.6) is 0 Å². The Morgan fingerprint density at radius 1 is 1.76 bits per heavy atom. The number of aliphatic hydroxyl groups is 1. The molecule has 4 nitrogen and oxygen atoms in total. The van der Waals surface area contributed by atoms with Crippen molar-refractivity contribution in [1.82, 2.24) is 10.3 Å². The van der Waals surface area contributed by atoms with E-state index in [1.165, 1.54) is 17.8 Å². The average Bonchev–Trinajstić information content (AvgIpc) is 2.79. The molecule has 2 N–H and O–H groups in total. The highest BCUT2D eigenvalue weighted by Gasteiger charge is 2.32. The summed E-state index contributed by atoms with van der Waals surface area (Å²) in [6.45, 7) is 2.49. The van der Waals surface area contributed by atoms with Crippen molar-refractivity contribution in [2.45, 2.75) is 38.2 Å². The zero-order chi connectivity index (χ0) is 12.3. The largest absolute Gasteiger partial charge is 0.388 e. The predicted octanol–water partition coefficient (Wildman–Crippen LogP) is 1.81. The minimum absolute atomic E-state index is 0.140. The molecule has 0 bridgehead atoms. The van der Waals surface area contributed by atoms with Gasteiger partial charge in [0.1, 0.15) is 4.88 Å². The smallest absolute Gasteiger partial charge is 0.263 e. The fraction of sp³-hybridized carbons (Fsp3) is 0.667. The van der Waals surface area contributed by atoms with E-state index in [1.807, 2.05) is 0 Å². The molecule has 0 aromatic carbocycles. The number of hydrogen-bond donors (Lipinski definition) is 2. The lowest BCUT2D eigenvalue weighted by molar-refractivity contribution is -0.0109. The lowest BCUT2D eigenvalue weighted by atomic mass is 9.79. The summed E-state index contributed by atoms with van der Waals surface area (Å²) in [5.74, 6) is 0.396. The average molecular weight is 254 g/mol. The molecule has 0 spiro atoms. The van der Waals surface area contributed by atoms with Crippen LogP contribution in [0.15, 0.2) is 11.7 Å². The van der Waals surface area contributed by atoms with Crippen LogP contribution in [0.25, 0.3) is 0 Å². The van der Waals surface area contributed by atoms with Gasteiger partial charge in [0, 0.05) is 6.54 Å². The second-order valence-corrected chi connectivity index (χ2v) is 5.86. The van der Waals surface area contributed by atoms with E-state index in [2.05, 4.69) is 17.2 Å². The number of nitrogens with one attached hydrogen (secondary N) is 1. The van der Waals surface area contributed by atoms with Gasteiger partial charge in [-0.25, -0.2) is 0 Å². The Labute approximate surface area is 105 Å². The molecule has 1 aliphatic carbocycles. The van der Waals surface area contributed by atoms with Crippen LogP contribution < -0.4 is 5.32 Å². The molecule has 1 aromatic rings. The molecule has 1 aliphatic rings. The van der Waals surface area contributed by atoms with Crippen molar-refractivity contribution in [2.24, 2.45) is 5.92 Å². The number of carbonyl (C=O) groups is 1. The van der Waals surface area contributed by atoms with Gasteiger partial charge in [-0.15, -0.1) is 11.3 Å². The minimum atomic E-state index is -0.724. The van der Waals surface area contributed by atoms with Crippen molar-refractivity contribution in [3.8, 4) is 0 Å². The van der Waals surface area contributed by atoms with Crippen molar-refractivity contribution in [2.75, 3.05) is 6.54 Å². The summed E-state index contributed by atoms with van der Waals surface area (Å²) in [6.07, 6.45) is 5.31. The zero-order valence-electron chi connectivity index (χ0n) is 9.98. The van der Waals surface area contributed by atoms with E-state index >= 15 is 0 Å². The van der Waals surface area contributed by atoms with Gasteiger partial charge in [-0.1, -0.05) is 19.8 Å². The summed E-state index contributed by atoms with van der Waals surface area (Å²) in [4.78, 5) is 16.2. The Morgan fingerprint density at radius 3 is 3.24 bits per heavy atom. The maximum absolute atomic E-state index is 11.7. The van der Waals surface area contributed by atoms with Gasteiger partial charge in [0.15, 0.2) is 0 Å². The van der Waals surface area contributed by atoms with E-state index in [4.69, 9.17) is 0 Å². The molecular formula is C12H18N2O2S. The van der Waals surface area contributed by atoms with Gasteiger partial charge >= 0.3 is 0 Å². The van der Waals surface area contributed by atoms with E-state index in [1.54, 1.807) is 11.7 Å². The van der Waals surface area contributed by atoms with Gasteiger partial charge in [-0.05, 0) is 18.8 Å². The van der Waals surface area contributed by atoms with Crippen LogP contribution in [-0.2, 0) is 0 Å². The summed E-state index contributed by atoms with van der Waals surface area (Å²) in [6, 6.07) is 0. The molecule has 2 unspecified atom stereocenters. The summed E-state index contributed by atoms with van der Waals surface area (Å²) < 4.78 is 0.